The number of aryl methyl sites for hydroxylation is 1. The van der Waals surface area contributed by atoms with Crippen molar-refractivity contribution in [1.82, 2.24) is 9.55 Å². The lowest BCUT2D eigenvalue weighted by molar-refractivity contribution is 0.727. The standard InChI is InChI=1S/C25H24ClN3/c1-17-18(2)29(16-21-9-5-6-10-22(21)26)25-23(11-13-27-24(17)25)28-14-12-19-7-3-4-8-20(19)15-28/h3-11,13H,12,14-16H2,1-2H3. The maximum atomic E-state index is 6.49. The number of anilines is 1. The summed E-state index contributed by atoms with van der Waals surface area (Å²) in [5, 5.41) is 0.809. The van der Waals surface area contributed by atoms with Crippen LogP contribution in [0.2, 0.25) is 5.02 Å². The molecular formula is C25H24ClN3. The fourth-order valence-corrected chi connectivity index (χ4v) is 4.67. The molecule has 0 bridgehead atoms. The number of rotatable bonds is 3. The maximum absolute atomic E-state index is 6.49. The van der Waals surface area contributed by atoms with Gasteiger partial charge < -0.3 is 9.47 Å². The molecule has 0 aliphatic carbocycles. The number of pyridine rings is 1. The van der Waals surface area contributed by atoms with Crippen molar-refractivity contribution in [3.05, 3.63) is 93.8 Å². The zero-order chi connectivity index (χ0) is 20.0. The molecule has 0 spiro atoms. The van der Waals surface area contributed by atoms with Gasteiger partial charge in [0.15, 0.2) is 0 Å². The molecule has 0 saturated carbocycles. The highest BCUT2D eigenvalue weighted by atomic mass is 35.5. The van der Waals surface area contributed by atoms with E-state index in [2.05, 4.69) is 65.8 Å². The Morgan fingerprint density at radius 1 is 0.966 bits per heavy atom. The minimum absolute atomic E-state index is 0.749. The van der Waals surface area contributed by atoms with Crippen LogP contribution in [0.25, 0.3) is 11.0 Å². The fraction of sp³-hybridized carbons (Fsp3) is 0.240. The topological polar surface area (TPSA) is 21.1 Å². The molecule has 4 heteroatoms. The normalized spacial score (nSPS) is 13.7. The highest BCUT2D eigenvalue weighted by molar-refractivity contribution is 6.31. The molecule has 0 unspecified atom stereocenters. The van der Waals surface area contributed by atoms with Crippen molar-refractivity contribution in [1.29, 1.82) is 0 Å². The van der Waals surface area contributed by atoms with Crippen LogP contribution >= 0.6 is 11.6 Å². The summed E-state index contributed by atoms with van der Waals surface area (Å²) in [4.78, 5) is 7.24. The Balaban J connectivity index is 1.64. The Kier molecular flexibility index (Phi) is 4.56. The van der Waals surface area contributed by atoms with Gasteiger partial charge in [0.1, 0.15) is 0 Å². The van der Waals surface area contributed by atoms with Gasteiger partial charge in [0.25, 0.3) is 0 Å². The molecule has 3 nitrogen and oxygen atoms in total. The largest absolute Gasteiger partial charge is 0.365 e. The quantitative estimate of drug-likeness (QED) is 0.425. The molecule has 3 heterocycles. The molecule has 2 aromatic carbocycles. The zero-order valence-electron chi connectivity index (χ0n) is 16.8. The molecule has 0 N–H and O–H groups in total. The van der Waals surface area contributed by atoms with Crippen molar-refractivity contribution in [3.8, 4) is 0 Å². The summed E-state index contributed by atoms with van der Waals surface area (Å²) in [5.74, 6) is 0. The van der Waals surface area contributed by atoms with Gasteiger partial charge in [-0.3, -0.25) is 4.98 Å². The number of fused-ring (bicyclic) bond motifs is 2. The van der Waals surface area contributed by atoms with Crippen molar-refractivity contribution < 1.29 is 0 Å². The number of benzene rings is 2. The van der Waals surface area contributed by atoms with Gasteiger partial charge in [0.2, 0.25) is 0 Å². The third-order valence-electron chi connectivity index (χ3n) is 6.23. The van der Waals surface area contributed by atoms with E-state index in [9.17, 15) is 0 Å². The predicted octanol–water partition coefficient (Wildman–Crippen LogP) is 5.92. The molecule has 0 radical (unpaired) electrons. The van der Waals surface area contributed by atoms with Crippen molar-refractivity contribution in [3.63, 3.8) is 0 Å². The van der Waals surface area contributed by atoms with Crippen LogP contribution in [0.5, 0.6) is 0 Å². The number of aromatic nitrogens is 2. The number of halogens is 1. The molecule has 1 aliphatic heterocycles. The zero-order valence-corrected chi connectivity index (χ0v) is 17.6. The van der Waals surface area contributed by atoms with E-state index in [1.54, 1.807) is 0 Å². The van der Waals surface area contributed by atoms with Gasteiger partial charge in [-0.1, -0.05) is 54.1 Å². The first-order valence-electron chi connectivity index (χ1n) is 10.1. The number of hydrogen-bond donors (Lipinski definition) is 0. The lowest BCUT2D eigenvalue weighted by atomic mass is 9.99. The summed E-state index contributed by atoms with van der Waals surface area (Å²) in [6.07, 6.45) is 3.02. The summed E-state index contributed by atoms with van der Waals surface area (Å²) >= 11 is 6.49. The Morgan fingerprint density at radius 2 is 1.72 bits per heavy atom. The van der Waals surface area contributed by atoms with Crippen LogP contribution in [0.1, 0.15) is 27.9 Å². The Morgan fingerprint density at radius 3 is 2.55 bits per heavy atom. The van der Waals surface area contributed by atoms with Crippen molar-refractivity contribution in [2.75, 3.05) is 11.4 Å². The Hall–Kier alpha value is -2.78. The molecular weight excluding hydrogens is 378 g/mol. The van der Waals surface area contributed by atoms with Gasteiger partial charge in [0.05, 0.1) is 16.7 Å². The lowest BCUT2D eigenvalue weighted by Crippen LogP contribution is -2.30. The second-order valence-electron chi connectivity index (χ2n) is 7.86. The van der Waals surface area contributed by atoms with Crippen LogP contribution in [-0.2, 0) is 19.5 Å². The van der Waals surface area contributed by atoms with E-state index < -0.39 is 0 Å². The van der Waals surface area contributed by atoms with Crippen LogP contribution in [-0.4, -0.2) is 16.1 Å². The molecule has 0 amide bonds. The SMILES string of the molecule is Cc1c(C)n(Cc2ccccc2Cl)c2c(N3CCc4ccccc4C3)ccnc12. The van der Waals surface area contributed by atoms with Crippen LogP contribution in [0, 0.1) is 13.8 Å². The van der Waals surface area contributed by atoms with Crippen LogP contribution < -0.4 is 4.90 Å². The van der Waals surface area contributed by atoms with E-state index in [-0.39, 0.29) is 0 Å². The van der Waals surface area contributed by atoms with Crippen LogP contribution in [0.4, 0.5) is 5.69 Å². The minimum Gasteiger partial charge on any atom is -0.365 e. The van der Waals surface area contributed by atoms with Gasteiger partial charge in [-0.2, -0.15) is 0 Å². The molecule has 1 aliphatic rings. The first-order valence-corrected chi connectivity index (χ1v) is 10.5. The van der Waals surface area contributed by atoms with Crippen molar-refractivity contribution >= 4 is 28.3 Å². The predicted molar refractivity (Wildman–Crippen MR) is 121 cm³/mol. The monoisotopic (exact) mass is 401 g/mol. The molecule has 2 aromatic heterocycles. The highest BCUT2D eigenvalue weighted by Gasteiger charge is 2.22. The van der Waals surface area contributed by atoms with E-state index >= 15 is 0 Å². The van der Waals surface area contributed by atoms with Gasteiger partial charge in [-0.05, 0) is 54.7 Å². The molecule has 29 heavy (non-hydrogen) atoms. The van der Waals surface area contributed by atoms with Crippen LogP contribution in [0.15, 0.2) is 60.8 Å². The third-order valence-corrected chi connectivity index (χ3v) is 6.60. The van der Waals surface area contributed by atoms with Crippen molar-refractivity contribution in [2.24, 2.45) is 0 Å². The molecule has 0 saturated heterocycles. The second-order valence-corrected chi connectivity index (χ2v) is 8.26. The number of hydrogen-bond acceptors (Lipinski definition) is 2. The smallest absolute Gasteiger partial charge is 0.0934 e. The minimum atomic E-state index is 0.749. The second kappa shape index (κ2) is 7.23. The Labute approximate surface area is 176 Å². The summed E-state index contributed by atoms with van der Waals surface area (Å²) in [6.45, 7) is 7.06. The average molecular weight is 402 g/mol. The van der Waals surface area contributed by atoms with Crippen molar-refractivity contribution in [2.45, 2.75) is 33.4 Å². The Bertz CT molecular complexity index is 1210. The summed E-state index contributed by atoms with van der Waals surface area (Å²) in [6, 6.07) is 19.0. The molecule has 0 fully saturated rings. The molecule has 5 rings (SSSR count). The molecule has 0 atom stereocenters. The van der Waals surface area contributed by atoms with E-state index in [4.69, 9.17) is 16.6 Å². The maximum Gasteiger partial charge on any atom is 0.0934 e. The molecule has 146 valence electrons. The lowest BCUT2D eigenvalue weighted by Gasteiger charge is -2.31. The summed E-state index contributed by atoms with van der Waals surface area (Å²) in [5.41, 5.74) is 10.1. The third kappa shape index (κ3) is 3.10. The average Bonchev–Trinajstić information content (AvgIpc) is 3.00. The van der Waals surface area contributed by atoms with Crippen LogP contribution in [0.3, 0.4) is 0 Å². The molecule has 4 aromatic rings. The number of nitrogens with zero attached hydrogens (tertiary/aromatic N) is 3. The summed E-state index contributed by atoms with van der Waals surface area (Å²) in [7, 11) is 0. The first-order chi connectivity index (χ1) is 14.1. The van der Waals surface area contributed by atoms with Gasteiger partial charge >= 0.3 is 0 Å². The van der Waals surface area contributed by atoms with Gasteiger partial charge in [-0.15, -0.1) is 0 Å². The van der Waals surface area contributed by atoms with E-state index in [1.807, 2.05) is 18.3 Å². The van der Waals surface area contributed by atoms with Gasteiger partial charge in [-0.25, -0.2) is 0 Å². The van der Waals surface area contributed by atoms with E-state index in [0.29, 0.717) is 0 Å². The van der Waals surface area contributed by atoms with E-state index in [1.165, 1.54) is 33.6 Å². The van der Waals surface area contributed by atoms with Gasteiger partial charge in [0, 0.05) is 36.5 Å². The summed E-state index contributed by atoms with van der Waals surface area (Å²) < 4.78 is 2.38. The first kappa shape index (κ1) is 18.3. The highest BCUT2D eigenvalue weighted by Crippen LogP contribution is 2.35. The van der Waals surface area contributed by atoms with E-state index in [0.717, 1.165) is 42.2 Å². The fourth-order valence-electron chi connectivity index (χ4n) is 4.48.